The summed E-state index contributed by atoms with van der Waals surface area (Å²) in [5, 5.41) is 13.5. The Balaban J connectivity index is 1.71. The third-order valence-corrected chi connectivity index (χ3v) is 4.85. The second-order valence-electron chi connectivity index (χ2n) is 6.52. The van der Waals surface area contributed by atoms with Crippen molar-refractivity contribution in [2.45, 2.75) is 82.8 Å². The van der Waals surface area contributed by atoms with E-state index in [1.807, 2.05) is 0 Å². The van der Waals surface area contributed by atoms with E-state index in [2.05, 4.69) is 10.3 Å². The molecule has 20 heavy (non-hydrogen) atoms. The van der Waals surface area contributed by atoms with Crippen molar-refractivity contribution in [3.8, 4) is 0 Å². The van der Waals surface area contributed by atoms with E-state index in [1.54, 1.807) is 0 Å². The minimum absolute atomic E-state index is 0.315. The van der Waals surface area contributed by atoms with Gasteiger partial charge in [-0.1, -0.05) is 44.9 Å². The summed E-state index contributed by atoms with van der Waals surface area (Å²) >= 11 is 0. The lowest BCUT2D eigenvalue weighted by atomic mass is 9.85. The summed E-state index contributed by atoms with van der Waals surface area (Å²) in [6, 6.07) is 0.480. The zero-order valence-corrected chi connectivity index (χ0v) is 12.7. The SMILES string of the molecule is NC(=NCC(O)C1CCCCC1)NC1CCCCCC1. The van der Waals surface area contributed by atoms with E-state index in [0.29, 0.717) is 24.5 Å². The van der Waals surface area contributed by atoms with Crippen LogP contribution in [0.15, 0.2) is 4.99 Å². The summed E-state index contributed by atoms with van der Waals surface area (Å²) in [5.74, 6) is 0.949. The Morgan fingerprint density at radius 2 is 1.55 bits per heavy atom. The second-order valence-corrected chi connectivity index (χ2v) is 6.52. The standard InChI is InChI=1S/C16H31N3O/c17-16(19-14-10-6-1-2-7-11-14)18-12-15(20)13-8-4-3-5-9-13/h13-15,20H,1-12H2,(H3,17,18,19). The van der Waals surface area contributed by atoms with Crippen LogP contribution >= 0.6 is 0 Å². The first-order valence-corrected chi connectivity index (χ1v) is 8.50. The van der Waals surface area contributed by atoms with E-state index in [0.717, 1.165) is 12.8 Å². The van der Waals surface area contributed by atoms with Crippen molar-refractivity contribution >= 4 is 5.96 Å². The summed E-state index contributed by atoms with van der Waals surface area (Å²) in [6.07, 6.45) is 13.4. The van der Waals surface area contributed by atoms with Crippen molar-refractivity contribution in [1.29, 1.82) is 0 Å². The third kappa shape index (κ3) is 5.31. The number of aliphatic hydroxyl groups excluding tert-OH is 1. The van der Waals surface area contributed by atoms with E-state index in [9.17, 15) is 5.11 Å². The number of nitrogens with one attached hydrogen (secondary N) is 1. The summed E-state index contributed by atoms with van der Waals surface area (Å²) < 4.78 is 0. The van der Waals surface area contributed by atoms with Gasteiger partial charge in [-0.2, -0.15) is 0 Å². The lowest BCUT2D eigenvalue weighted by molar-refractivity contribution is 0.0923. The Labute approximate surface area is 123 Å². The second kappa shape index (κ2) is 8.50. The number of aliphatic hydroxyl groups is 1. The fourth-order valence-electron chi connectivity index (χ4n) is 3.54. The fraction of sp³-hybridized carbons (Fsp3) is 0.938. The van der Waals surface area contributed by atoms with Gasteiger partial charge in [0.1, 0.15) is 0 Å². The molecule has 0 radical (unpaired) electrons. The summed E-state index contributed by atoms with van der Waals surface area (Å²) in [4.78, 5) is 4.36. The molecule has 4 heteroatoms. The van der Waals surface area contributed by atoms with Gasteiger partial charge >= 0.3 is 0 Å². The van der Waals surface area contributed by atoms with Crippen molar-refractivity contribution < 1.29 is 5.11 Å². The van der Waals surface area contributed by atoms with Gasteiger partial charge in [0, 0.05) is 6.04 Å². The smallest absolute Gasteiger partial charge is 0.188 e. The van der Waals surface area contributed by atoms with Crippen molar-refractivity contribution in [2.24, 2.45) is 16.6 Å². The first kappa shape index (κ1) is 15.6. The molecule has 0 aliphatic heterocycles. The van der Waals surface area contributed by atoms with Gasteiger partial charge in [-0.05, 0) is 31.6 Å². The van der Waals surface area contributed by atoms with Gasteiger partial charge in [0.2, 0.25) is 0 Å². The molecule has 0 heterocycles. The Morgan fingerprint density at radius 1 is 1.00 bits per heavy atom. The van der Waals surface area contributed by atoms with Crippen LogP contribution in [0.5, 0.6) is 0 Å². The van der Waals surface area contributed by atoms with Gasteiger partial charge in [0.25, 0.3) is 0 Å². The van der Waals surface area contributed by atoms with Crippen molar-refractivity contribution in [1.82, 2.24) is 5.32 Å². The molecule has 4 nitrogen and oxygen atoms in total. The Bertz CT molecular complexity index is 292. The van der Waals surface area contributed by atoms with Crippen LogP contribution in [0.3, 0.4) is 0 Å². The first-order chi connectivity index (χ1) is 9.75. The predicted octanol–water partition coefficient (Wildman–Crippen LogP) is 2.55. The van der Waals surface area contributed by atoms with E-state index < -0.39 is 0 Å². The van der Waals surface area contributed by atoms with E-state index >= 15 is 0 Å². The predicted molar refractivity (Wildman–Crippen MR) is 83.7 cm³/mol. The highest BCUT2D eigenvalue weighted by molar-refractivity contribution is 5.78. The molecule has 1 atom stereocenters. The molecule has 0 aromatic heterocycles. The van der Waals surface area contributed by atoms with Crippen LogP contribution in [0, 0.1) is 5.92 Å². The zero-order chi connectivity index (χ0) is 14.2. The van der Waals surface area contributed by atoms with Gasteiger partial charge < -0.3 is 16.2 Å². The molecule has 0 amide bonds. The van der Waals surface area contributed by atoms with Gasteiger partial charge in [-0.3, -0.25) is 4.99 Å². The summed E-state index contributed by atoms with van der Waals surface area (Å²) in [5.41, 5.74) is 5.96. The van der Waals surface area contributed by atoms with E-state index in [1.165, 1.54) is 57.8 Å². The van der Waals surface area contributed by atoms with Crippen molar-refractivity contribution in [3.05, 3.63) is 0 Å². The number of rotatable bonds is 4. The number of nitrogens with zero attached hydrogens (tertiary/aromatic N) is 1. The van der Waals surface area contributed by atoms with Crippen LogP contribution in [0.2, 0.25) is 0 Å². The van der Waals surface area contributed by atoms with E-state index in [4.69, 9.17) is 5.73 Å². The highest BCUT2D eigenvalue weighted by atomic mass is 16.3. The molecular formula is C16H31N3O. The summed E-state index contributed by atoms with van der Waals surface area (Å²) in [7, 11) is 0. The highest BCUT2D eigenvalue weighted by Gasteiger charge is 2.21. The molecular weight excluding hydrogens is 250 g/mol. The van der Waals surface area contributed by atoms with Crippen LogP contribution in [0.4, 0.5) is 0 Å². The average molecular weight is 281 g/mol. The maximum atomic E-state index is 10.2. The topological polar surface area (TPSA) is 70.6 Å². The largest absolute Gasteiger partial charge is 0.391 e. The molecule has 2 rings (SSSR count). The average Bonchev–Trinajstić information content (AvgIpc) is 2.74. The minimum atomic E-state index is -0.315. The molecule has 2 aliphatic carbocycles. The Morgan fingerprint density at radius 3 is 2.20 bits per heavy atom. The molecule has 1 unspecified atom stereocenters. The maximum Gasteiger partial charge on any atom is 0.188 e. The van der Waals surface area contributed by atoms with Crippen molar-refractivity contribution in [3.63, 3.8) is 0 Å². The van der Waals surface area contributed by atoms with Crippen LogP contribution in [0.25, 0.3) is 0 Å². The van der Waals surface area contributed by atoms with Crippen LogP contribution in [-0.4, -0.2) is 29.8 Å². The van der Waals surface area contributed by atoms with Crippen LogP contribution < -0.4 is 11.1 Å². The van der Waals surface area contributed by atoms with E-state index in [-0.39, 0.29) is 6.10 Å². The lowest BCUT2D eigenvalue weighted by Gasteiger charge is -2.25. The third-order valence-electron chi connectivity index (χ3n) is 4.85. The normalized spacial score (nSPS) is 25.1. The lowest BCUT2D eigenvalue weighted by Crippen LogP contribution is -2.40. The van der Waals surface area contributed by atoms with Gasteiger partial charge in [0.15, 0.2) is 5.96 Å². The number of nitrogens with two attached hydrogens (primary N) is 1. The van der Waals surface area contributed by atoms with Gasteiger partial charge in [-0.15, -0.1) is 0 Å². The molecule has 0 spiro atoms. The molecule has 4 N–H and O–H groups in total. The van der Waals surface area contributed by atoms with Gasteiger partial charge in [-0.25, -0.2) is 0 Å². The molecule has 0 aromatic carbocycles. The van der Waals surface area contributed by atoms with Gasteiger partial charge in [0.05, 0.1) is 12.6 Å². The molecule has 0 bridgehead atoms. The maximum absolute atomic E-state index is 10.2. The first-order valence-electron chi connectivity index (χ1n) is 8.50. The molecule has 2 fully saturated rings. The zero-order valence-electron chi connectivity index (χ0n) is 12.7. The Kier molecular flexibility index (Phi) is 6.64. The quantitative estimate of drug-likeness (QED) is 0.421. The molecule has 0 saturated heterocycles. The highest BCUT2D eigenvalue weighted by Crippen LogP contribution is 2.26. The van der Waals surface area contributed by atoms with Crippen LogP contribution in [0.1, 0.15) is 70.6 Å². The Hall–Kier alpha value is -0.770. The molecule has 116 valence electrons. The number of hydrogen-bond donors (Lipinski definition) is 3. The minimum Gasteiger partial charge on any atom is -0.391 e. The van der Waals surface area contributed by atoms with Crippen LogP contribution in [-0.2, 0) is 0 Å². The number of hydrogen-bond acceptors (Lipinski definition) is 2. The van der Waals surface area contributed by atoms with Crippen molar-refractivity contribution in [2.75, 3.05) is 6.54 Å². The monoisotopic (exact) mass is 281 g/mol. The molecule has 0 aromatic rings. The molecule has 2 aliphatic rings. The summed E-state index contributed by atoms with van der Waals surface area (Å²) in [6.45, 7) is 0.455. The molecule has 2 saturated carbocycles. The fourth-order valence-corrected chi connectivity index (χ4v) is 3.54. The number of aliphatic imine (C=N–C) groups is 1. The number of guanidine groups is 1.